The Bertz CT molecular complexity index is 940. The van der Waals surface area contributed by atoms with Crippen LogP contribution in [0.3, 0.4) is 0 Å². The number of carbonyl (C=O) groups is 3. The number of likely N-dealkylation sites (tertiary alicyclic amines) is 3. The Labute approximate surface area is 189 Å². The third-order valence-electron chi connectivity index (χ3n) is 7.23. The van der Waals surface area contributed by atoms with Gasteiger partial charge in [0.05, 0.1) is 18.2 Å². The average Bonchev–Trinajstić information content (AvgIpc) is 3.52. The molecule has 170 valence electrons. The van der Waals surface area contributed by atoms with Gasteiger partial charge in [-0.3, -0.25) is 19.3 Å². The van der Waals surface area contributed by atoms with Gasteiger partial charge in [-0.05, 0) is 43.9 Å². The van der Waals surface area contributed by atoms with Crippen molar-refractivity contribution >= 4 is 17.7 Å². The van der Waals surface area contributed by atoms with Gasteiger partial charge in [0.25, 0.3) is 5.91 Å². The van der Waals surface area contributed by atoms with Crippen molar-refractivity contribution in [3.8, 4) is 6.07 Å². The van der Waals surface area contributed by atoms with Gasteiger partial charge in [0, 0.05) is 44.2 Å². The number of carbonyl (C=O) groups excluding carboxylic acids is 3. The van der Waals surface area contributed by atoms with E-state index >= 15 is 0 Å². The average molecular weight is 438 g/mol. The standard InChI is InChI=1S/C24H31N5O3/c1-15(23(31)28-10-4-5-19(28)12-25)13-27-14-20-11-21(27)24(32)29(20)16(2)17-6-8-18(9-7-17)22(30)26-3/h6-9,15-16,19-21H,4-5,10-11,13-14H2,1-3H3,(H,26,30)/t15-,16-,19-,20+,21+/m0/s1. The molecule has 0 unspecified atom stereocenters. The highest BCUT2D eigenvalue weighted by atomic mass is 16.2. The van der Waals surface area contributed by atoms with Gasteiger partial charge in [-0.15, -0.1) is 0 Å². The highest BCUT2D eigenvalue weighted by Crippen LogP contribution is 2.38. The van der Waals surface area contributed by atoms with Gasteiger partial charge in [-0.25, -0.2) is 0 Å². The summed E-state index contributed by atoms with van der Waals surface area (Å²) in [5.41, 5.74) is 1.60. The molecule has 1 aromatic carbocycles. The van der Waals surface area contributed by atoms with E-state index in [0.717, 1.165) is 31.4 Å². The van der Waals surface area contributed by atoms with Crippen molar-refractivity contribution in [3.63, 3.8) is 0 Å². The van der Waals surface area contributed by atoms with E-state index in [9.17, 15) is 19.6 Å². The third kappa shape index (κ3) is 3.86. The van der Waals surface area contributed by atoms with Crippen LogP contribution in [-0.2, 0) is 9.59 Å². The van der Waals surface area contributed by atoms with Crippen molar-refractivity contribution in [3.05, 3.63) is 35.4 Å². The number of hydrogen-bond donors (Lipinski definition) is 1. The van der Waals surface area contributed by atoms with Gasteiger partial charge in [0.2, 0.25) is 11.8 Å². The molecule has 1 aromatic rings. The normalized spacial score (nSPS) is 26.8. The predicted octanol–water partition coefficient (Wildman–Crippen LogP) is 1.54. The molecule has 3 heterocycles. The Morgan fingerprint density at radius 1 is 1.25 bits per heavy atom. The molecule has 3 aliphatic rings. The zero-order chi connectivity index (χ0) is 23.0. The molecule has 8 nitrogen and oxygen atoms in total. The van der Waals surface area contributed by atoms with Crippen LogP contribution >= 0.6 is 0 Å². The molecule has 5 atom stereocenters. The summed E-state index contributed by atoms with van der Waals surface area (Å²) in [5.74, 6) is -0.236. The molecule has 2 bridgehead atoms. The molecule has 8 heteroatoms. The number of fused-ring (bicyclic) bond motifs is 2. The number of nitriles is 1. The lowest BCUT2D eigenvalue weighted by Gasteiger charge is -2.38. The van der Waals surface area contributed by atoms with Crippen LogP contribution < -0.4 is 5.32 Å². The van der Waals surface area contributed by atoms with E-state index < -0.39 is 0 Å². The lowest BCUT2D eigenvalue weighted by Crippen LogP contribution is -2.53. The molecule has 1 N–H and O–H groups in total. The van der Waals surface area contributed by atoms with Crippen LogP contribution in [0.4, 0.5) is 0 Å². The minimum atomic E-state index is -0.312. The van der Waals surface area contributed by atoms with E-state index in [2.05, 4.69) is 16.3 Å². The van der Waals surface area contributed by atoms with Crippen molar-refractivity contribution in [2.75, 3.05) is 26.7 Å². The second kappa shape index (κ2) is 8.91. The van der Waals surface area contributed by atoms with Gasteiger partial charge >= 0.3 is 0 Å². The molecular formula is C24H31N5O3. The van der Waals surface area contributed by atoms with Gasteiger partial charge in [-0.2, -0.15) is 5.26 Å². The first-order chi connectivity index (χ1) is 15.3. The van der Waals surface area contributed by atoms with Crippen molar-refractivity contribution in [2.45, 2.75) is 57.3 Å². The highest BCUT2D eigenvalue weighted by molar-refractivity contribution is 5.94. The first-order valence-electron chi connectivity index (χ1n) is 11.4. The van der Waals surface area contributed by atoms with Crippen molar-refractivity contribution < 1.29 is 14.4 Å². The molecule has 32 heavy (non-hydrogen) atoms. The van der Waals surface area contributed by atoms with E-state index in [0.29, 0.717) is 18.7 Å². The zero-order valence-electron chi connectivity index (χ0n) is 19.0. The molecule has 0 aromatic heterocycles. The number of nitrogens with zero attached hydrogens (tertiary/aromatic N) is 4. The monoisotopic (exact) mass is 437 g/mol. The summed E-state index contributed by atoms with van der Waals surface area (Å²) in [4.78, 5) is 43.7. The Morgan fingerprint density at radius 2 is 1.97 bits per heavy atom. The molecule has 3 saturated heterocycles. The summed E-state index contributed by atoms with van der Waals surface area (Å²) in [5, 5.41) is 11.9. The number of amides is 3. The second-order valence-corrected chi connectivity index (χ2v) is 9.20. The van der Waals surface area contributed by atoms with E-state index in [4.69, 9.17) is 0 Å². The van der Waals surface area contributed by atoms with Gasteiger partial charge in [0.1, 0.15) is 6.04 Å². The van der Waals surface area contributed by atoms with Gasteiger partial charge < -0.3 is 15.1 Å². The minimum Gasteiger partial charge on any atom is -0.355 e. The predicted molar refractivity (Wildman–Crippen MR) is 118 cm³/mol. The van der Waals surface area contributed by atoms with Crippen LogP contribution in [0, 0.1) is 17.2 Å². The van der Waals surface area contributed by atoms with Crippen molar-refractivity contribution in [1.82, 2.24) is 20.0 Å². The summed E-state index contributed by atoms with van der Waals surface area (Å²) in [6.07, 6.45) is 2.41. The first kappa shape index (κ1) is 22.3. The van der Waals surface area contributed by atoms with E-state index in [1.165, 1.54) is 0 Å². The molecule has 0 radical (unpaired) electrons. The van der Waals surface area contributed by atoms with Crippen molar-refractivity contribution in [2.24, 2.45) is 5.92 Å². The smallest absolute Gasteiger partial charge is 0.251 e. The summed E-state index contributed by atoms with van der Waals surface area (Å²) < 4.78 is 0. The summed E-state index contributed by atoms with van der Waals surface area (Å²) >= 11 is 0. The summed E-state index contributed by atoms with van der Waals surface area (Å²) in [6, 6.07) is 9.19. The molecule has 3 fully saturated rings. The van der Waals surface area contributed by atoms with Crippen LogP contribution in [0.2, 0.25) is 0 Å². The fourth-order valence-electron chi connectivity index (χ4n) is 5.49. The third-order valence-corrected chi connectivity index (χ3v) is 7.23. The minimum absolute atomic E-state index is 0.0192. The quantitative estimate of drug-likeness (QED) is 0.728. The molecule has 3 aliphatic heterocycles. The zero-order valence-corrected chi connectivity index (χ0v) is 19.0. The fourth-order valence-corrected chi connectivity index (χ4v) is 5.49. The van der Waals surface area contributed by atoms with E-state index in [-0.39, 0.29) is 47.8 Å². The lowest BCUT2D eigenvalue weighted by atomic mass is 10.0. The molecule has 0 saturated carbocycles. The maximum Gasteiger partial charge on any atom is 0.251 e. The summed E-state index contributed by atoms with van der Waals surface area (Å²) in [6.45, 7) is 5.88. The number of rotatable bonds is 6. The molecule has 0 aliphatic carbocycles. The Hall–Kier alpha value is -2.92. The Balaban J connectivity index is 1.38. The van der Waals surface area contributed by atoms with Crippen LogP contribution in [0.25, 0.3) is 0 Å². The molecule has 0 spiro atoms. The van der Waals surface area contributed by atoms with Gasteiger partial charge in [-0.1, -0.05) is 19.1 Å². The maximum absolute atomic E-state index is 13.2. The fraction of sp³-hybridized carbons (Fsp3) is 0.583. The van der Waals surface area contributed by atoms with Crippen LogP contribution in [0.1, 0.15) is 55.1 Å². The van der Waals surface area contributed by atoms with Crippen LogP contribution in [-0.4, -0.2) is 77.2 Å². The lowest BCUT2D eigenvalue weighted by molar-refractivity contribution is -0.142. The van der Waals surface area contributed by atoms with E-state index in [1.54, 1.807) is 24.1 Å². The number of hydrogen-bond acceptors (Lipinski definition) is 5. The second-order valence-electron chi connectivity index (χ2n) is 9.20. The number of piperazine rings is 1. The largest absolute Gasteiger partial charge is 0.355 e. The highest BCUT2D eigenvalue weighted by Gasteiger charge is 2.51. The topological polar surface area (TPSA) is 96.8 Å². The first-order valence-corrected chi connectivity index (χ1v) is 11.4. The Kier molecular flexibility index (Phi) is 6.20. The van der Waals surface area contributed by atoms with E-state index in [1.807, 2.05) is 30.9 Å². The number of nitrogens with one attached hydrogen (secondary N) is 1. The molecular weight excluding hydrogens is 406 g/mol. The van der Waals surface area contributed by atoms with Gasteiger partial charge in [0.15, 0.2) is 0 Å². The van der Waals surface area contributed by atoms with Crippen molar-refractivity contribution in [1.29, 1.82) is 5.26 Å². The van der Waals surface area contributed by atoms with Crippen LogP contribution in [0.5, 0.6) is 0 Å². The Morgan fingerprint density at radius 3 is 2.59 bits per heavy atom. The molecule has 4 rings (SSSR count). The molecule has 3 amide bonds. The maximum atomic E-state index is 13.2. The number of benzene rings is 1. The SMILES string of the molecule is CNC(=O)c1ccc([C@H](C)N2C(=O)[C@H]3C[C@@H]2CN3C[C@H](C)C(=O)N2CCC[C@H]2C#N)cc1. The van der Waals surface area contributed by atoms with Crippen LogP contribution in [0.15, 0.2) is 24.3 Å². The summed E-state index contributed by atoms with van der Waals surface area (Å²) in [7, 11) is 1.60.